The van der Waals surface area contributed by atoms with Crippen molar-refractivity contribution >= 4 is 5.97 Å². The Bertz CT molecular complexity index is 801. The fourth-order valence-corrected chi connectivity index (χ4v) is 3.37. The van der Waals surface area contributed by atoms with Crippen LogP contribution in [0.5, 0.6) is 0 Å². The van der Waals surface area contributed by atoms with Crippen molar-refractivity contribution in [1.82, 2.24) is 19.7 Å². The van der Waals surface area contributed by atoms with Crippen molar-refractivity contribution < 1.29 is 32.5 Å². The Morgan fingerprint density at radius 3 is 2.58 bits per heavy atom. The fourth-order valence-electron chi connectivity index (χ4n) is 3.37. The highest BCUT2D eigenvalue weighted by Crippen LogP contribution is 2.26. The van der Waals surface area contributed by atoms with Gasteiger partial charge in [0.1, 0.15) is 0 Å². The van der Waals surface area contributed by atoms with Crippen LogP contribution in [0.3, 0.4) is 0 Å². The summed E-state index contributed by atoms with van der Waals surface area (Å²) >= 11 is 0. The van der Waals surface area contributed by atoms with Crippen LogP contribution in [0.25, 0.3) is 0 Å². The first kappa shape index (κ1) is 24.8. The molecule has 1 aliphatic heterocycles. The molecule has 172 valence electrons. The minimum Gasteiger partial charge on any atom is -0.475 e. The zero-order chi connectivity index (χ0) is 22.9. The summed E-state index contributed by atoms with van der Waals surface area (Å²) in [6.45, 7) is 3.23. The molecular formula is C20H27F3N4O4. The van der Waals surface area contributed by atoms with E-state index in [1.807, 2.05) is 36.4 Å². The van der Waals surface area contributed by atoms with E-state index in [0.29, 0.717) is 19.3 Å². The highest BCUT2D eigenvalue weighted by molar-refractivity contribution is 5.73. The van der Waals surface area contributed by atoms with Gasteiger partial charge in [-0.15, -0.1) is 0 Å². The summed E-state index contributed by atoms with van der Waals surface area (Å²) in [7, 11) is 3.66. The quantitative estimate of drug-likeness (QED) is 0.625. The molecule has 8 nitrogen and oxygen atoms in total. The lowest BCUT2D eigenvalue weighted by atomic mass is 10.0. The molecule has 0 amide bonds. The number of carbonyl (C=O) groups is 1. The van der Waals surface area contributed by atoms with Crippen molar-refractivity contribution in [2.24, 2.45) is 7.05 Å². The highest BCUT2D eigenvalue weighted by atomic mass is 19.4. The van der Waals surface area contributed by atoms with Gasteiger partial charge in [0.05, 0.1) is 25.5 Å². The van der Waals surface area contributed by atoms with E-state index in [1.54, 1.807) is 7.11 Å². The van der Waals surface area contributed by atoms with Crippen molar-refractivity contribution in [3.63, 3.8) is 0 Å². The van der Waals surface area contributed by atoms with Gasteiger partial charge in [-0.2, -0.15) is 18.3 Å². The van der Waals surface area contributed by atoms with E-state index in [0.717, 1.165) is 25.9 Å². The van der Waals surface area contributed by atoms with Crippen LogP contribution < -0.4 is 0 Å². The van der Waals surface area contributed by atoms with Gasteiger partial charge in [-0.05, 0) is 30.0 Å². The van der Waals surface area contributed by atoms with E-state index in [4.69, 9.17) is 19.4 Å². The third-order valence-corrected chi connectivity index (χ3v) is 4.77. The minimum atomic E-state index is -5.08. The van der Waals surface area contributed by atoms with Crippen molar-refractivity contribution in [3.05, 3.63) is 48.0 Å². The second kappa shape index (κ2) is 11.8. The number of methoxy groups -OCH3 is 1. The Morgan fingerprint density at radius 2 is 2.03 bits per heavy atom. The van der Waals surface area contributed by atoms with Gasteiger partial charge >= 0.3 is 12.1 Å². The van der Waals surface area contributed by atoms with Crippen LogP contribution in [0.15, 0.2) is 36.9 Å². The number of pyridine rings is 1. The van der Waals surface area contributed by atoms with Gasteiger partial charge in [-0.3, -0.25) is 14.6 Å². The molecule has 31 heavy (non-hydrogen) atoms. The fraction of sp³-hybridized carbons (Fsp3) is 0.550. The van der Waals surface area contributed by atoms with E-state index < -0.39 is 12.1 Å². The van der Waals surface area contributed by atoms with E-state index in [1.165, 1.54) is 11.1 Å². The number of nitrogens with zero attached hydrogens (tertiary/aromatic N) is 4. The average Bonchev–Trinajstić information content (AvgIpc) is 3.29. The molecule has 1 saturated heterocycles. The predicted molar refractivity (Wildman–Crippen MR) is 105 cm³/mol. The summed E-state index contributed by atoms with van der Waals surface area (Å²) < 4.78 is 44.8. The number of hydrogen-bond donors (Lipinski definition) is 1. The molecule has 0 saturated carbocycles. The first-order chi connectivity index (χ1) is 14.7. The lowest BCUT2D eigenvalue weighted by Crippen LogP contribution is -2.38. The Kier molecular flexibility index (Phi) is 9.41. The van der Waals surface area contributed by atoms with Gasteiger partial charge in [0.2, 0.25) is 0 Å². The molecular weight excluding hydrogens is 417 g/mol. The first-order valence-electron chi connectivity index (χ1n) is 9.71. The zero-order valence-corrected chi connectivity index (χ0v) is 17.5. The molecule has 3 heterocycles. The second-order valence-electron chi connectivity index (χ2n) is 7.12. The zero-order valence-electron chi connectivity index (χ0n) is 17.5. The lowest BCUT2D eigenvalue weighted by Gasteiger charge is -2.28. The van der Waals surface area contributed by atoms with E-state index in [2.05, 4.69) is 27.2 Å². The summed E-state index contributed by atoms with van der Waals surface area (Å²) in [5.41, 5.74) is 2.49. The number of aryl methyl sites for hydroxylation is 1. The number of aromatic nitrogens is 3. The van der Waals surface area contributed by atoms with Crippen LogP contribution in [0.4, 0.5) is 13.2 Å². The molecule has 2 aromatic heterocycles. The Morgan fingerprint density at radius 1 is 1.29 bits per heavy atom. The van der Waals surface area contributed by atoms with E-state index in [9.17, 15) is 13.2 Å². The van der Waals surface area contributed by atoms with Gasteiger partial charge in [0.25, 0.3) is 0 Å². The number of aliphatic carboxylic acids is 1. The maximum absolute atomic E-state index is 10.6. The molecule has 1 N–H and O–H groups in total. The SMILES string of the molecule is COCCO[C@H]1CCN(Cc2cccnc2)[C@H]1Cc1cnn(C)c1.O=C(O)C(F)(F)F. The second-order valence-corrected chi connectivity index (χ2v) is 7.12. The normalized spacial score (nSPS) is 19.1. The number of carboxylic acid groups (broad SMARTS) is 1. The molecule has 0 aromatic carbocycles. The van der Waals surface area contributed by atoms with Crippen molar-refractivity contribution in [2.45, 2.75) is 37.7 Å². The summed E-state index contributed by atoms with van der Waals surface area (Å²) in [6.07, 6.45) is 4.95. The monoisotopic (exact) mass is 444 g/mol. The number of carboxylic acids is 1. The van der Waals surface area contributed by atoms with Crippen molar-refractivity contribution in [1.29, 1.82) is 0 Å². The summed E-state index contributed by atoms with van der Waals surface area (Å²) in [5.74, 6) is -2.76. The number of likely N-dealkylation sites (tertiary alicyclic amines) is 1. The minimum absolute atomic E-state index is 0.233. The average molecular weight is 444 g/mol. The Balaban J connectivity index is 0.000000423. The standard InChI is InChI=1S/C18H26N4O2.C2HF3O2/c1-21-13-16(12-20-21)10-17-18(24-9-8-23-2)5-7-22(17)14-15-4-3-6-19-11-15;3-2(4,5)1(6)7/h3-4,6,11-13,17-18H,5,7-10,14H2,1-2H3;(H,6,7)/t17-,18-;/m0./s1. The van der Waals surface area contributed by atoms with Crippen LogP contribution in [-0.2, 0) is 34.3 Å². The van der Waals surface area contributed by atoms with Gasteiger partial charge in [-0.25, -0.2) is 4.79 Å². The Hall–Kier alpha value is -2.50. The predicted octanol–water partition coefficient (Wildman–Crippen LogP) is 2.30. The third kappa shape index (κ3) is 8.27. The molecule has 0 unspecified atom stereocenters. The third-order valence-electron chi connectivity index (χ3n) is 4.77. The van der Waals surface area contributed by atoms with Crippen LogP contribution in [0, 0.1) is 0 Å². The number of rotatable bonds is 8. The molecule has 11 heteroatoms. The van der Waals surface area contributed by atoms with Crippen molar-refractivity contribution in [2.75, 3.05) is 26.9 Å². The molecule has 0 bridgehead atoms. The van der Waals surface area contributed by atoms with Crippen molar-refractivity contribution in [3.8, 4) is 0 Å². The summed E-state index contributed by atoms with van der Waals surface area (Å²) in [4.78, 5) is 15.6. The summed E-state index contributed by atoms with van der Waals surface area (Å²) in [6, 6.07) is 4.48. The number of alkyl halides is 3. The summed E-state index contributed by atoms with van der Waals surface area (Å²) in [5, 5.41) is 11.4. The first-order valence-corrected chi connectivity index (χ1v) is 9.71. The number of ether oxygens (including phenoxy) is 2. The molecule has 1 fully saturated rings. The van der Waals surface area contributed by atoms with Crippen LogP contribution in [0.1, 0.15) is 17.5 Å². The van der Waals surface area contributed by atoms with Crippen LogP contribution in [-0.4, -0.2) is 75.9 Å². The van der Waals surface area contributed by atoms with E-state index in [-0.39, 0.29) is 6.10 Å². The molecule has 0 radical (unpaired) electrons. The van der Waals surface area contributed by atoms with Gasteiger partial charge < -0.3 is 14.6 Å². The molecule has 2 aromatic rings. The largest absolute Gasteiger partial charge is 0.490 e. The Labute approximate surface area is 178 Å². The van der Waals surface area contributed by atoms with Crippen LogP contribution in [0.2, 0.25) is 0 Å². The molecule has 0 spiro atoms. The highest BCUT2D eigenvalue weighted by Gasteiger charge is 2.38. The molecule has 3 rings (SSSR count). The molecule has 0 aliphatic carbocycles. The molecule has 1 aliphatic rings. The molecule has 2 atom stereocenters. The maximum Gasteiger partial charge on any atom is 0.490 e. The van der Waals surface area contributed by atoms with Crippen LogP contribution >= 0.6 is 0 Å². The van der Waals surface area contributed by atoms with Gasteiger partial charge in [0.15, 0.2) is 0 Å². The van der Waals surface area contributed by atoms with Gasteiger partial charge in [0, 0.05) is 51.9 Å². The van der Waals surface area contributed by atoms with E-state index >= 15 is 0 Å². The number of hydrogen-bond acceptors (Lipinski definition) is 6. The lowest BCUT2D eigenvalue weighted by molar-refractivity contribution is -0.192. The smallest absolute Gasteiger partial charge is 0.475 e. The maximum atomic E-state index is 10.6. The van der Waals surface area contributed by atoms with Gasteiger partial charge in [-0.1, -0.05) is 6.07 Å². The topological polar surface area (TPSA) is 89.7 Å². The number of halogens is 3.